The van der Waals surface area contributed by atoms with Gasteiger partial charge in [-0.1, -0.05) is 0 Å². The summed E-state index contributed by atoms with van der Waals surface area (Å²) in [6.45, 7) is 5.39. The standard InChI is InChI=1S/C51H82N4O23/c1-68-20-21-72-26-27-74-30-31-76-34-35-77-33-32-75-29-28-73-25-23-70-18-3-5-45(60)40(39-78-51(67)52-15-12-50(65)66)36-44(59)38-54-47(62)9-7-43(58)37-53-46(61)8-6-42(57)14-19-71-24-22-69-17-2-4-41(56)13-16-55-48(63)10-11-49(55)64/h10-11,40H,2-9,12-39H2,1H3,(H,52,67)(H,53,61)(H,54,62)(H,65,66). The van der Waals surface area contributed by atoms with Crippen LogP contribution in [0.3, 0.4) is 0 Å². The summed E-state index contributed by atoms with van der Waals surface area (Å²) in [4.78, 5) is 134. The number of methoxy groups -OCH3 is 1. The zero-order chi connectivity index (χ0) is 57.3. The Morgan fingerprint density at radius 2 is 0.885 bits per heavy atom. The number of nitrogens with one attached hydrogen (secondary N) is 3. The van der Waals surface area contributed by atoms with E-state index in [0.29, 0.717) is 92.3 Å². The Kier molecular flexibility index (Phi) is 44.0. The van der Waals surface area contributed by atoms with Crippen molar-refractivity contribution in [1.29, 1.82) is 0 Å². The second-order valence-corrected chi connectivity index (χ2v) is 17.1. The van der Waals surface area contributed by atoms with E-state index in [0.717, 1.165) is 17.1 Å². The predicted molar refractivity (Wildman–Crippen MR) is 272 cm³/mol. The summed E-state index contributed by atoms with van der Waals surface area (Å²) in [6, 6.07) is 0. The van der Waals surface area contributed by atoms with Gasteiger partial charge in [0, 0.05) is 103 Å². The number of Topliss-reactive ketones (excluding diaryl/α,β-unsaturated/α-hetero) is 5. The predicted octanol–water partition coefficient (Wildman–Crippen LogP) is -0.107. The molecule has 27 nitrogen and oxygen atoms in total. The highest BCUT2D eigenvalue weighted by Crippen LogP contribution is 2.12. The number of carboxylic acids is 1. The number of carbonyl (C=O) groups excluding carboxylic acids is 10. The summed E-state index contributed by atoms with van der Waals surface area (Å²) in [5.41, 5.74) is 0. The summed E-state index contributed by atoms with van der Waals surface area (Å²) in [7, 11) is 1.61. The molecule has 0 aromatic heterocycles. The average Bonchev–Trinajstić information content (AvgIpc) is 3.74. The van der Waals surface area contributed by atoms with Gasteiger partial charge in [-0.05, 0) is 12.8 Å². The van der Waals surface area contributed by atoms with Gasteiger partial charge in [0.25, 0.3) is 11.8 Å². The third-order valence-corrected chi connectivity index (χ3v) is 10.7. The number of nitrogens with zero attached hydrogens (tertiary/aromatic N) is 1. The van der Waals surface area contributed by atoms with Gasteiger partial charge in [0.15, 0.2) is 11.6 Å². The molecular formula is C51H82N4O23. The number of hydrogen-bond donors (Lipinski definition) is 4. The van der Waals surface area contributed by atoms with Gasteiger partial charge in [0.2, 0.25) is 11.8 Å². The highest BCUT2D eigenvalue weighted by molar-refractivity contribution is 6.13. The van der Waals surface area contributed by atoms with Gasteiger partial charge >= 0.3 is 12.1 Å². The number of imide groups is 1. The molecule has 5 amide bonds. The normalized spacial score (nSPS) is 12.4. The number of amides is 5. The fraction of sp³-hybridized carbons (Fsp3) is 0.745. The number of rotatable bonds is 56. The molecule has 1 aliphatic rings. The third kappa shape index (κ3) is 42.5. The third-order valence-electron chi connectivity index (χ3n) is 10.7. The molecule has 0 aromatic carbocycles. The minimum absolute atomic E-state index is 0.0223. The topological polar surface area (TPSA) is 349 Å². The number of carboxylic acid groups (broad SMARTS) is 1. The Hall–Kier alpha value is -5.49. The van der Waals surface area contributed by atoms with E-state index in [1.54, 1.807) is 7.11 Å². The van der Waals surface area contributed by atoms with Crippen molar-refractivity contribution in [2.75, 3.05) is 165 Å². The van der Waals surface area contributed by atoms with Crippen molar-refractivity contribution in [3.8, 4) is 0 Å². The van der Waals surface area contributed by atoms with Crippen LogP contribution in [0.5, 0.6) is 0 Å². The molecule has 0 bridgehead atoms. The molecule has 0 aromatic rings. The molecular weight excluding hydrogens is 1040 g/mol. The molecule has 1 atom stereocenters. The average molecular weight is 1120 g/mol. The largest absolute Gasteiger partial charge is 0.481 e. The number of hydrogen-bond acceptors (Lipinski definition) is 22. The van der Waals surface area contributed by atoms with E-state index in [9.17, 15) is 52.7 Å². The lowest BCUT2D eigenvalue weighted by Crippen LogP contribution is -2.35. The van der Waals surface area contributed by atoms with Crippen molar-refractivity contribution >= 4 is 64.6 Å². The second-order valence-electron chi connectivity index (χ2n) is 17.1. The van der Waals surface area contributed by atoms with Crippen LogP contribution < -0.4 is 16.0 Å². The molecule has 0 saturated heterocycles. The lowest BCUT2D eigenvalue weighted by molar-refractivity contribution is -0.138. The number of aliphatic carboxylic acids is 1. The molecule has 0 radical (unpaired) electrons. The highest BCUT2D eigenvalue weighted by Gasteiger charge is 2.25. The van der Waals surface area contributed by atoms with Crippen LogP contribution in [-0.4, -0.2) is 240 Å². The smallest absolute Gasteiger partial charge is 0.407 e. The van der Waals surface area contributed by atoms with Crippen molar-refractivity contribution in [3.05, 3.63) is 12.2 Å². The van der Waals surface area contributed by atoms with E-state index in [-0.39, 0.29) is 141 Å². The zero-order valence-corrected chi connectivity index (χ0v) is 45.1. The summed E-state index contributed by atoms with van der Waals surface area (Å²) >= 11 is 0. The Balaban J connectivity index is 2.18. The minimum Gasteiger partial charge on any atom is -0.481 e. The number of alkyl carbamates (subject to hydrolysis) is 1. The highest BCUT2D eigenvalue weighted by atomic mass is 16.6. The van der Waals surface area contributed by atoms with Crippen molar-refractivity contribution in [3.63, 3.8) is 0 Å². The minimum atomic E-state index is -1.14. The first-order valence-electron chi connectivity index (χ1n) is 26.2. The van der Waals surface area contributed by atoms with Gasteiger partial charge in [0.05, 0.1) is 138 Å². The monoisotopic (exact) mass is 1120 g/mol. The lowest BCUT2D eigenvalue weighted by atomic mass is 9.95. The fourth-order valence-electron chi connectivity index (χ4n) is 6.41. The molecule has 27 heteroatoms. The van der Waals surface area contributed by atoms with E-state index >= 15 is 0 Å². The van der Waals surface area contributed by atoms with E-state index in [1.165, 1.54) is 0 Å². The van der Waals surface area contributed by atoms with Crippen LogP contribution in [-0.2, 0) is 100 Å². The quantitative estimate of drug-likeness (QED) is 0.0456. The van der Waals surface area contributed by atoms with Gasteiger partial charge in [-0.25, -0.2) is 4.79 Å². The van der Waals surface area contributed by atoms with Crippen LogP contribution in [0.25, 0.3) is 0 Å². The zero-order valence-electron chi connectivity index (χ0n) is 45.1. The summed E-state index contributed by atoms with van der Waals surface area (Å²) < 4.78 is 58.8. The molecule has 4 N–H and O–H groups in total. The van der Waals surface area contributed by atoms with E-state index in [2.05, 4.69) is 16.0 Å². The summed E-state index contributed by atoms with van der Waals surface area (Å²) in [6.07, 6.45) is 0.908. The van der Waals surface area contributed by atoms with Crippen molar-refractivity contribution in [2.45, 2.75) is 77.0 Å². The van der Waals surface area contributed by atoms with Gasteiger partial charge < -0.3 is 73.2 Å². The van der Waals surface area contributed by atoms with E-state index in [4.69, 9.17) is 57.2 Å². The number of ketones is 5. The molecule has 78 heavy (non-hydrogen) atoms. The molecule has 0 spiro atoms. The maximum atomic E-state index is 13.1. The fourth-order valence-corrected chi connectivity index (χ4v) is 6.41. The second kappa shape index (κ2) is 48.6. The van der Waals surface area contributed by atoms with Crippen molar-refractivity contribution in [1.82, 2.24) is 20.9 Å². The lowest BCUT2D eigenvalue weighted by Gasteiger charge is -2.16. The maximum absolute atomic E-state index is 13.1. The Bertz CT molecular complexity index is 1800. The van der Waals surface area contributed by atoms with Crippen LogP contribution in [0.1, 0.15) is 77.0 Å². The Morgan fingerprint density at radius 1 is 0.462 bits per heavy atom. The SMILES string of the molecule is COCCOCCOCCOCCOCCOCCOCCOCCCC(=O)C(COC(=O)NCCC(=O)O)CC(=O)CNC(=O)CCC(=O)CNC(=O)CCC(=O)CCOCCOCCCC(=O)CCN1C(=O)C=CC1=O. The van der Waals surface area contributed by atoms with Gasteiger partial charge in [-0.3, -0.25) is 52.8 Å². The van der Waals surface area contributed by atoms with Crippen LogP contribution >= 0.6 is 0 Å². The number of carbonyl (C=O) groups is 11. The summed E-state index contributed by atoms with van der Waals surface area (Å²) in [5, 5.41) is 15.8. The molecule has 444 valence electrons. The van der Waals surface area contributed by atoms with Gasteiger partial charge in [0.1, 0.15) is 24.0 Å². The van der Waals surface area contributed by atoms with Crippen LogP contribution in [0.2, 0.25) is 0 Å². The summed E-state index contributed by atoms with van der Waals surface area (Å²) in [5.74, 6) is -6.01. The maximum Gasteiger partial charge on any atom is 0.407 e. The van der Waals surface area contributed by atoms with Gasteiger partial charge in [-0.15, -0.1) is 0 Å². The Labute approximate surface area is 455 Å². The van der Waals surface area contributed by atoms with Crippen molar-refractivity contribution < 1.29 is 110 Å². The van der Waals surface area contributed by atoms with E-state index in [1.807, 2.05) is 0 Å². The van der Waals surface area contributed by atoms with Crippen LogP contribution in [0, 0.1) is 5.92 Å². The molecule has 0 fully saturated rings. The van der Waals surface area contributed by atoms with E-state index < -0.39 is 72.1 Å². The van der Waals surface area contributed by atoms with Gasteiger partial charge in [-0.2, -0.15) is 0 Å². The molecule has 1 heterocycles. The molecule has 1 unspecified atom stereocenters. The molecule has 0 aliphatic carbocycles. The number of ether oxygens (including phenoxy) is 11. The van der Waals surface area contributed by atoms with Crippen molar-refractivity contribution in [2.24, 2.45) is 5.92 Å². The first-order chi connectivity index (χ1) is 37.7. The first kappa shape index (κ1) is 70.5. The Morgan fingerprint density at radius 3 is 1.37 bits per heavy atom. The van der Waals surface area contributed by atoms with Crippen LogP contribution in [0.15, 0.2) is 12.2 Å². The first-order valence-corrected chi connectivity index (χ1v) is 26.2. The molecule has 1 aliphatic heterocycles. The van der Waals surface area contributed by atoms with Crippen LogP contribution in [0.4, 0.5) is 4.79 Å². The molecule has 0 saturated carbocycles. The molecule has 1 rings (SSSR count).